The van der Waals surface area contributed by atoms with Crippen molar-refractivity contribution >= 4 is 41.5 Å². The molecular formula is C21H35FIN5O. The highest BCUT2D eigenvalue weighted by Crippen LogP contribution is 2.18. The van der Waals surface area contributed by atoms with E-state index in [0.29, 0.717) is 24.6 Å². The van der Waals surface area contributed by atoms with Gasteiger partial charge in [0.05, 0.1) is 12.2 Å². The number of nitrogens with zero attached hydrogens (tertiary/aromatic N) is 3. The van der Waals surface area contributed by atoms with E-state index in [0.717, 1.165) is 57.4 Å². The Kier molecular flexibility index (Phi) is 11.9. The number of halogens is 2. The number of nitrogens with one attached hydrogen (secondary N) is 2. The molecule has 0 spiro atoms. The van der Waals surface area contributed by atoms with E-state index in [4.69, 9.17) is 0 Å². The molecule has 0 aliphatic carbocycles. The molecular weight excluding hydrogens is 484 g/mol. The zero-order valence-corrected chi connectivity index (χ0v) is 20.2. The summed E-state index contributed by atoms with van der Waals surface area (Å²) < 4.78 is 14.1. The second-order valence-corrected chi connectivity index (χ2v) is 7.35. The minimum atomic E-state index is -0.238. The molecule has 1 amide bonds. The summed E-state index contributed by atoms with van der Waals surface area (Å²) in [4.78, 5) is 20.3. The Hall–Kier alpha value is -1.58. The van der Waals surface area contributed by atoms with Gasteiger partial charge in [-0.05, 0) is 43.9 Å². The van der Waals surface area contributed by atoms with Crippen molar-refractivity contribution in [1.29, 1.82) is 0 Å². The van der Waals surface area contributed by atoms with Crippen LogP contribution in [0.2, 0.25) is 0 Å². The Morgan fingerprint density at radius 1 is 1.24 bits per heavy atom. The van der Waals surface area contributed by atoms with Crippen molar-refractivity contribution in [3.63, 3.8) is 0 Å². The van der Waals surface area contributed by atoms with Crippen LogP contribution in [0.25, 0.3) is 0 Å². The minimum Gasteiger partial charge on any atom is -0.375 e. The monoisotopic (exact) mass is 519 g/mol. The average molecular weight is 519 g/mol. The summed E-state index contributed by atoms with van der Waals surface area (Å²) in [5.41, 5.74) is 1.40. The van der Waals surface area contributed by atoms with Gasteiger partial charge in [0.15, 0.2) is 5.96 Å². The molecule has 29 heavy (non-hydrogen) atoms. The van der Waals surface area contributed by atoms with Crippen molar-refractivity contribution in [2.45, 2.75) is 45.6 Å². The third-order valence-electron chi connectivity index (χ3n) is 4.83. The summed E-state index contributed by atoms with van der Waals surface area (Å²) in [5.74, 6) is 0.751. The van der Waals surface area contributed by atoms with Crippen LogP contribution in [-0.2, 0) is 11.3 Å². The summed E-state index contributed by atoms with van der Waals surface area (Å²) in [6.45, 7) is 5.57. The SMILES string of the molecule is CCNC(=NCc1ccc(N(C)C)c(F)c1)NCCCN1CCCCCC1=O.I. The molecule has 1 aromatic rings. The van der Waals surface area contributed by atoms with Crippen molar-refractivity contribution in [1.82, 2.24) is 15.5 Å². The number of hydrogen-bond donors (Lipinski definition) is 2. The third-order valence-corrected chi connectivity index (χ3v) is 4.83. The van der Waals surface area contributed by atoms with E-state index < -0.39 is 0 Å². The quantitative estimate of drug-likeness (QED) is 0.240. The zero-order chi connectivity index (χ0) is 20.4. The molecule has 8 heteroatoms. The van der Waals surface area contributed by atoms with E-state index in [1.165, 1.54) is 6.07 Å². The number of aliphatic imine (C=N–C) groups is 1. The normalized spacial score (nSPS) is 14.8. The molecule has 0 bridgehead atoms. The van der Waals surface area contributed by atoms with Crippen LogP contribution in [0.3, 0.4) is 0 Å². The lowest BCUT2D eigenvalue weighted by atomic mass is 10.2. The van der Waals surface area contributed by atoms with Gasteiger partial charge in [0.25, 0.3) is 0 Å². The van der Waals surface area contributed by atoms with E-state index in [1.54, 1.807) is 11.0 Å². The smallest absolute Gasteiger partial charge is 0.222 e. The Labute approximate surface area is 191 Å². The molecule has 1 fully saturated rings. The molecule has 164 valence electrons. The molecule has 2 rings (SSSR count). The zero-order valence-electron chi connectivity index (χ0n) is 17.8. The number of anilines is 1. The maximum Gasteiger partial charge on any atom is 0.222 e. The predicted molar refractivity (Wildman–Crippen MR) is 129 cm³/mol. The number of amides is 1. The van der Waals surface area contributed by atoms with Gasteiger partial charge in [0.2, 0.25) is 5.91 Å². The molecule has 1 aliphatic rings. The highest BCUT2D eigenvalue weighted by atomic mass is 127. The molecule has 1 saturated heterocycles. The number of hydrogen-bond acceptors (Lipinski definition) is 3. The lowest BCUT2D eigenvalue weighted by Crippen LogP contribution is -2.39. The summed E-state index contributed by atoms with van der Waals surface area (Å²) in [6.07, 6.45) is 4.82. The van der Waals surface area contributed by atoms with Gasteiger partial charge in [0.1, 0.15) is 5.82 Å². The Morgan fingerprint density at radius 3 is 2.72 bits per heavy atom. The largest absolute Gasteiger partial charge is 0.375 e. The molecule has 0 saturated carbocycles. The average Bonchev–Trinajstić information content (AvgIpc) is 2.87. The first-order chi connectivity index (χ1) is 13.5. The van der Waals surface area contributed by atoms with Gasteiger partial charge in [-0.3, -0.25) is 4.79 Å². The standard InChI is InChI=1S/C21H34FN5O.HI/c1-4-23-21(24-12-8-14-27-13-7-5-6-9-20(27)28)25-16-17-10-11-19(26(2)3)18(22)15-17;/h10-11,15H,4-9,12-14,16H2,1-3H3,(H2,23,24,25);1H. The topological polar surface area (TPSA) is 60.0 Å². The van der Waals surface area contributed by atoms with Gasteiger partial charge in [-0.15, -0.1) is 24.0 Å². The molecule has 1 heterocycles. The second kappa shape index (κ2) is 13.6. The molecule has 0 unspecified atom stereocenters. The molecule has 0 radical (unpaired) electrons. The highest BCUT2D eigenvalue weighted by Gasteiger charge is 2.15. The fraction of sp³-hybridized carbons (Fsp3) is 0.619. The number of carbonyl (C=O) groups excluding carboxylic acids is 1. The number of guanidine groups is 1. The van der Waals surface area contributed by atoms with Gasteiger partial charge in [-0.1, -0.05) is 12.5 Å². The summed E-state index contributed by atoms with van der Waals surface area (Å²) in [6, 6.07) is 5.21. The van der Waals surface area contributed by atoms with Crippen LogP contribution < -0.4 is 15.5 Å². The third kappa shape index (κ3) is 8.76. The molecule has 1 aromatic carbocycles. The Balaban J connectivity index is 0.00000420. The fourth-order valence-corrected chi connectivity index (χ4v) is 3.28. The van der Waals surface area contributed by atoms with E-state index in [1.807, 2.05) is 32.0 Å². The maximum absolute atomic E-state index is 14.1. The Bertz CT molecular complexity index is 668. The van der Waals surface area contributed by atoms with Gasteiger partial charge in [-0.25, -0.2) is 9.38 Å². The highest BCUT2D eigenvalue weighted by molar-refractivity contribution is 14.0. The van der Waals surface area contributed by atoms with E-state index in [2.05, 4.69) is 15.6 Å². The molecule has 6 nitrogen and oxygen atoms in total. The van der Waals surface area contributed by atoms with Crippen molar-refractivity contribution in [2.75, 3.05) is 45.2 Å². The number of likely N-dealkylation sites (tertiary alicyclic amines) is 1. The second-order valence-electron chi connectivity index (χ2n) is 7.35. The van der Waals surface area contributed by atoms with E-state index >= 15 is 0 Å². The fourth-order valence-electron chi connectivity index (χ4n) is 3.28. The summed E-state index contributed by atoms with van der Waals surface area (Å²) in [5, 5.41) is 6.51. The van der Waals surface area contributed by atoms with Crippen LogP contribution in [0.5, 0.6) is 0 Å². The van der Waals surface area contributed by atoms with Gasteiger partial charge < -0.3 is 20.4 Å². The van der Waals surface area contributed by atoms with Crippen LogP contribution in [0.1, 0.15) is 44.6 Å². The first-order valence-electron chi connectivity index (χ1n) is 10.3. The predicted octanol–water partition coefficient (Wildman–Crippen LogP) is 3.36. The number of carbonyl (C=O) groups is 1. The van der Waals surface area contributed by atoms with Crippen LogP contribution in [0, 0.1) is 5.82 Å². The molecule has 0 atom stereocenters. The van der Waals surface area contributed by atoms with Crippen molar-refractivity contribution in [2.24, 2.45) is 4.99 Å². The molecule has 2 N–H and O–H groups in total. The molecule has 1 aliphatic heterocycles. The van der Waals surface area contributed by atoms with Gasteiger partial charge in [0, 0.05) is 46.7 Å². The van der Waals surface area contributed by atoms with Crippen molar-refractivity contribution in [3.05, 3.63) is 29.6 Å². The number of rotatable bonds is 8. The van der Waals surface area contributed by atoms with Crippen molar-refractivity contribution in [3.8, 4) is 0 Å². The lowest BCUT2D eigenvalue weighted by molar-refractivity contribution is -0.130. The summed E-state index contributed by atoms with van der Waals surface area (Å²) >= 11 is 0. The van der Waals surface area contributed by atoms with Crippen LogP contribution >= 0.6 is 24.0 Å². The van der Waals surface area contributed by atoms with Crippen LogP contribution in [-0.4, -0.2) is 57.0 Å². The summed E-state index contributed by atoms with van der Waals surface area (Å²) in [7, 11) is 3.64. The van der Waals surface area contributed by atoms with Crippen molar-refractivity contribution < 1.29 is 9.18 Å². The number of benzene rings is 1. The van der Waals surface area contributed by atoms with Crippen LogP contribution in [0.15, 0.2) is 23.2 Å². The Morgan fingerprint density at radius 2 is 2.03 bits per heavy atom. The minimum absolute atomic E-state index is 0. The van der Waals surface area contributed by atoms with E-state index in [9.17, 15) is 9.18 Å². The maximum atomic E-state index is 14.1. The van der Waals surface area contributed by atoms with Gasteiger partial charge in [-0.2, -0.15) is 0 Å². The molecule has 0 aromatic heterocycles. The van der Waals surface area contributed by atoms with Gasteiger partial charge >= 0.3 is 0 Å². The first kappa shape index (κ1) is 25.5. The first-order valence-corrected chi connectivity index (χ1v) is 10.3. The van der Waals surface area contributed by atoms with E-state index in [-0.39, 0.29) is 35.7 Å². The lowest BCUT2D eigenvalue weighted by Gasteiger charge is -2.20. The van der Waals surface area contributed by atoms with Crippen LogP contribution in [0.4, 0.5) is 10.1 Å².